The Bertz CT molecular complexity index is 1580. The average Bonchev–Trinajstić information content (AvgIpc) is 3.33. The smallest absolute Gasteiger partial charge is 0.317 e. The highest BCUT2D eigenvalue weighted by Crippen LogP contribution is 2.36. The number of amides is 1. The molecule has 4 aromatic rings. The second kappa shape index (κ2) is 12.0. The Morgan fingerprint density at radius 3 is 2.39 bits per heavy atom. The highest BCUT2D eigenvalue weighted by molar-refractivity contribution is 6.33. The molecule has 0 bridgehead atoms. The molecule has 1 aliphatic heterocycles. The van der Waals surface area contributed by atoms with Crippen LogP contribution in [0.4, 0.5) is 5.82 Å². The van der Waals surface area contributed by atoms with Crippen molar-refractivity contribution in [3.63, 3.8) is 0 Å². The summed E-state index contributed by atoms with van der Waals surface area (Å²) in [6, 6.07) is 14.7. The topological polar surface area (TPSA) is 151 Å². The molecule has 0 aliphatic carbocycles. The number of nitrogens with zero attached hydrogens (tertiary/aromatic N) is 5. The average molecular weight is 598 g/mol. The molecule has 5 N–H and O–H groups in total. The number of carboxylic acids is 1. The third-order valence-electron chi connectivity index (χ3n) is 7.20. The van der Waals surface area contributed by atoms with Crippen LogP contribution in [0.3, 0.4) is 0 Å². The Balaban J connectivity index is 1.69. The molecule has 5 rings (SSSR count). The number of primary amides is 1. The maximum absolute atomic E-state index is 12.4. The lowest BCUT2D eigenvalue weighted by Gasteiger charge is -2.40. The quantitative estimate of drug-likeness (QED) is 0.216. The molecule has 1 amide bonds. The number of carbonyl (C=O) groups excluding carboxylic acids is 1. The van der Waals surface area contributed by atoms with Crippen LogP contribution in [-0.4, -0.2) is 68.2 Å². The number of nitrogens with one attached hydrogen (secondary N) is 2. The number of rotatable bonds is 10. The predicted molar refractivity (Wildman–Crippen MR) is 159 cm³/mol. The van der Waals surface area contributed by atoms with Crippen molar-refractivity contribution in [2.45, 2.75) is 31.8 Å². The number of aliphatic carboxylic acids is 1. The number of anilines is 1. The summed E-state index contributed by atoms with van der Waals surface area (Å²) < 4.78 is 1.90. The Labute approximate surface area is 246 Å². The second-order valence-electron chi connectivity index (χ2n) is 9.82. The zero-order valence-electron chi connectivity index (χ0n) is 22.4. The largest absolute Gasteiger partial charge is 0.480 e. The van der Waals surface area contributed by atoms with Crippen molar-refractivity contribution >= 4 is 52.1 Å². The number of benzene rings is 2. The van der Waals surface area contributed by atoms with Gasteiger partial charge in [-0.2, -0.15) is 0 Å². The molecule has 41 heavy (non-hydrogen) atoms. The number of carbonyl (C=O) groups is 2. The van der Waals surface area contributed by atoms with Gasteiger partial charge in [-0.1, -0.05) is 42.3 Å². The van der Waals surface area contributed by atoms with Crippen molar-refractivity contribution in [1.29, 1.82) is 0 Å². The molecule has 214 valence electrons. The lowest BCUT2D eigenvalue weighted by molar-refractivity contribution is -0.136. The summed E-state index contributed by atoms with van der Waals surface area (Å²) in [6.07, 6.45) is 0.979. The molecule has 0 spiro atoms. The fraction of sp³-hybridized carbons (Fsp3) is 0.321. The molecule has 3 heterocycles. The number of halogens is 2. The molecule has 1 fully saturated rings. The third kappa shape index (κ3) is 5.84. The molecule has 0 atom stereocenters. The zero-order valence-corrected chi connectivity index (χ0v) is 23.9. The van der Waals surface area contributed by atoms with E-state index in [-0.39, 0.29) is 19.0 Å². The number of hydrogen-bond acceptors (Lipinski definition) is 8. The first-order valence-corrected chi connectivity index (χ1v) is 14.0. The molecular formula is C28H30Cl2N8O3. The van der Waals surface area contributed by atoms with Gasteiger partial charge in [-0.25, -0.2) is 15.0 Å². The van der Waals surface area contributed by atoms with Gasteiger partial charge in [-0.05, 0) is 55.8 Å². The number of hydrogen-bond donors (Lipinski definition) is 4. The summed E-state index contributed by atoms with van der Waals surface area (Å²) >= 11 is 12.8. The Kier molecular flexibility index (Phi) is 8.41. The summed E-state index contributed by atoms with van der Waals surface area (Å²) in [7, 11) is 0. The maximum Gasteiger partial charge on any atom is 0.317 e. The van der Waals surface area contributed by atoms with Crippen molar-refractivity contribution in [3.05, 3.63) is 64.4 Å². The minimum Gasteiger partial charge on any atom is -0.480 e. The van der Waals surface area contributed by atoms with Crippen molar-refractivity contribution in [2.75, 3.05) is 31.1 Å². The van der Waals surface area contributed by atoms with Crippen molar-refractivity contribution in [2.24, 2.45) is 5.73 Å². The van der Waals surface area contributed by atoms with Crippen molar-refractivity contribution in [3.8, 4) is 17.1 Å². The number of carboxylic acid groups (broad SMARTS) is 1. The van der Waals surface area contributed by atoms with Crippen LogP contribution in [0.1, 0.15) is 25.6 Å². The number of likely N-dealkylation sites (N-methyl/N-ethyl adjacent to an activating group) is 1. The second-order valence-corrected chi connectivity index (χ2v) is 10.7. The molecule has 2 aromatic carbocycles. The van der Waals surface area contributed by atoms with Gasteiger partial charge in [0.15, 0.2) is 17.0 Å². The Hall–Kier alpha value is -3.77. The van der Waals surface area contributed by atoms with Crippen LogP contribution in [0, 0.1) is 0 Å². The molecule has 11 nitrogen and oxygen atoms in total. The molecule has 2 aromatic heterocycles. The summed E-state index contributed by atoms with van der Waals surface area (Å²) in [4.78, 5) is 40.3. The normalized spacial score (nSPS) is 14.9. The Morgan fingerprint density at radius 2 is 1.76 bits per heavy atom. The molecule has 0 unspecified atom stereocenters. The standard InChI is InChI=1S/C28H30Cl2N8O3/c1-2-33-28(27(31)41)11-13-37(14-12-28)25-23-26(35-21(34-25)15-32-16-22(39)40)38(18-9-7-17(29)8-10-18)24(36-23)19-5-3-4-6-20(19)30/h3-10,32-33H,2,11-16H2,1H3,(H2,31,41)(H,39,40). The lowest BCUT2D eigenvalue weighted by atomic mass is 9.86. The SMILES string of the molecule is CCNC1(C(N)=O)CCN(c2nc(CNCC(=O)O)nc3c2nc(-c2ccccc2Cl)n3-c2ccc(Cl)cc2)CC1. The van der Waals surface area contributed by atoms with Crippen LogP contribution in [0.25, 0.3) is 28.2 Å². The van der Waals surface area contributed by atoms with Crippen LogP contribution in [0.5, 0.6) is 0 Å². The van der Waals surface area contributed by atoms with E-state index in [4.69, 9.17) is 49.0 Å². The number of fused-ring (bicyclic) bond motifs is 1. The minimum absolute atomic E-state index is 0.124. The zero-order chi connectivity index (χ0) is 29.1. The number of imidazole rings is 1. The van der Waals surface area contributed by atoms with E-state index in [0.29, 0.717) is 76.7 Å². The number of piperidine rings is 1. The molecule has 0 radical (unpaired) electrons. The van der Waals surface area contributed by atoms with Gasteiger partial charge < -0.3 is 21.1 Å². The van der Waals surface area contributed by atoms with E-state index in [1.165, 1.54) is 0 Å². The van der Waals surface area contributed by atoms with E-state index < -0.39 is 11.5 Å². The van der Waals surface area contributed by atoms with Gasteiger partial charge in [-0.3, -0.25) is 19.5 Å². The Morgan fingerprint density at radius 1 is 1.05 bits per heavy atom. The first kappa shape index (κ1) is 28.7. The molecule has 13 heteroatoms. The van der Waals surface area contributed by atoms with Crippen molar-refractivity contribution in [1.82, 2.24) is 30.2 Å². The number of nitrogens with two attached hydrogens (primary N) is 1. The highest BCUT2D eigenvalue weighted by atomic mass is 35.5. The van der Waals surface area contributed by atoms with Crippen molar-refractivity contribution < 1.29 is 14.7 Å². The van der Waals surface area contributed by atoms with E-state index in [1.54, 1.807) is 18.2 Å². The highest BCUT2D eigenvalue weighted by Gasteiger charge is 2.40. The maximum atomic E-state index is 12.4. The summed E-state index contributed by atoms with van der Waals surface area (Å²) in [5.74, 6) is 0.181. The fourth-order valence-corrected chi connectivity index (χ4v) is 5.52. The first-order valence-electron chi connectivity index (χ1n) is 13.2. The van der Waals surface area contributed by atoms with Crippen LogP contribution in [-0.2, 0) is 16.1 Å². The third-order valence-corrected chi connectivity index (χ3v) is 7.78. The van der Waals surface area contributed by atoms with E-state index >= 15 is 0 Å². The van der Waals surface area contributed by atoms with Gasteiger partial charge in [0.05, 0.1) is 18.1 Å². The van der Waals surface area contributed by atoms with Gasteiger partial charge in [0.1, 0.15) is 17.2 Å². The lowest BCUT2D eigenvalue weighted by Crippen LogP contribution is -2.61. The van der Waals surface area contributed by atoms with Gasteiger partial charge in [-0.15, -0.1) is 0 Å². The molecule has 1 aliphatic rings. The van der Waals surface area contributed by atoms with Crippen LogP contribution >= 0.6 is 23.2 Å². The predicted octanol–water partition coefficient (Wildman–Crippen LogP) is 3.40. The summed E-state index contributed by atoms with van der Waals surface area (Å²) in [6.45, 7) is 3.44. The van der Waals surface area contributed by atoms with Gasteiger partial charge >= 0.3 is 5.97 Å². The monoisotopic (exact) mass is 596 g/mol. The van der Waals surface area contributed by atoms with Gasteiger partial charge in [0.25, 0.3) is 0 Å². The van der Waals surface area contributed by atoms with E-state index in [1.807, 2.05) is 41.8 Å². The summed E-state index contributed by atoms with van der Waals surface area (Å²) in [5, 5.41) is 16.4. The molecular weight excluding hydrogens is 567 g/mol. The minimum atomic E-state index is -0.985. The van der Waals surface area contributed by atoms with E-state index in [9.17, 15) is 9.59 Å². The fourth-order valence-electron chi connectivity index (χ4n) is 5.18. The number of aromatic nitrogens is 4. The van der Waals surface area contributed by atoms with Crippen LogP contribution < -0.4 is 21.3 Å². The molecule has 0 saturated carbocycles. The summed E-state index contributed by atoms with van der Waals surface area (Å²) in [5.41, 5.74) is 7.55. The van der Waals surface area contributed by atoms with Gasteiger partial charge in [0.2, 0.25) is 5.91 Å². The van der Waals surface area contributed by atoms with Crippen LogP contribution in [0.2, 0.25) is 10.0 Å². The first-order chi connectivity index (χ1) is 19.7. The van der Waals surface area contributed by atoms with E-state index in [0.717, 1.165) is 5.69 Å². The molecule has 1 saturated heterocycles. The van der Waals surface area contributed by atoms with E-state index in [2.05, 4.69) is 15.5 Å². The van der Waals surface area contributed by atoms with Crippen LogP contribution in [0.15, 0.2) is 48.5 Å². The van der Waals surface area contributed by atoms with Gasteiger partial charge in [0, 0.05) is 29.4 Å².